The first-order valence-electron chi connectivity index (χ1n) is 17.8. The van der Waals surface area contributed by atoms with Crippen LogP contribution in [0.2, 0.25) is 0 Å². The third-order valence-corrected chi connectivity index (χ3v) is 10.3. The predicted octanol–water partition coefficient (Wildman–Crippen LogP) is 13.9. The molecule has 0 unspecified atom stereocenters. The average Bonchev–Trinajstić information content (AvgIpc) is 3.55. The van der Waals surface area contributed by atoms with Crippen LogP contribution in [0.25, 0.3) is 71.3 Å². The molecule has 0 radical (unpaired) electrons. The van der Waals surface area contributed by atoms with E-state index in [0.29, 0.717) is 0 Å². The van der Waals surface area contributed by atoms with Crippen molar-refractivity contribution in [3.05, 3.63) is 206 Å². The standard InChI is InChI=1S/C50H34N2/c1-3-12-35(13-4-1)37-24-28-44(29-25-37)51(45-30-26-38(27-31-45)42-23-22-36-14-7-8-15-39(36)32-42)48-21-11-20-46-47-33-40-16-9-10-17-41(40)34-49(47)52(50(46)48)43-18-5-2-6-19-43/h1-34H. The monoisotopic (exact) mass is 662 g/mol. The highest BCUT2D eigenvalue weighted by molar-refractivity contribution is 6.17. The molecule has 0 atom stereocenters. The Kier molecular flexibility index (Phi) is 7.18. The summed E-state index contributed by atoms with van der Waals surface area (Å²) in [6, 6.07) is 74.8. The third-order valence-electron chi connectivity index (χ3n) is 10.3. The first kappa shape index (κ1) is 30.0. The first-order valence-corrected chi connectivity index (χ1v) is 17.8. The third kappa shape index (κ3) is 5.12. The molecule has 0 saturated carbocycles. The molecule has 2 heteroatoms. The van der Waals surface area contributed by atoms with Gasteiger partial charge in [0.1, 0.15) is 0 Å². The molecule has 10 rings (SSSR count). The highest BCUT2D eigenvalue weighted by atomic mass is 15.2. The Bertz CT molecular complexity index is 2870. The predicted molar refractivity (Wildman–Crippen MR) is 221 cm³/mol. The van der Waals surface area contributed by atoms with E-state index in [4.69, 9.17) is 0 Å². The van der Waals surface area contributed by atoms with Crippen LogP contribution in [0.1, 0.15) is 0 Å². The van der Waals surface area contributed by atoms with Crippen LogP contribution < -0.4 is 4.90 Å². The summed E-state index contributed by atoms with van der Waals surface area (Å²) in [5.41, 5.74) is 11.6. The van der Waals surface area contributed by atoms with Gasteiger partial charge in [0.15, 0.2) is 0 Å². The van der Waals surface area contributed by atoms with E-state index in [1.54, 1.807) is 0 Å². The molecule has 1 heterocycles. The molecule has 0 amide bonds. The highest BCUT2D eigenvalue weighted by Crippen LogP contribution is 2.44. The van der Waals surface area contributed by atoms with Gasteiger partial charge in [-0.05, 0) is 104 Å². The fraction of sp³-hybridized carbons (Fsp3) is 0. The molecule has 9 aromatic carbocycles. The molecule has 0 aliphatic heterocycles. The Morgan fingerprint density at radius 2 is 0.846 bits per heavy atom. The number of rotatable bonds is 6. The van der Waals surface area contributed by atoms with E-state index < -0.39 is 0 Å². The molecule has 0 bridgehead atoms. The second-order valence-electron chi connectivity index (χ2n) is 13.4. The molecule has 10 aromatic rings. The molecular formula is C50H34N2. The maximum Gasteiger partial charge on any atom is 0.0782 e. The van der Waals surface area contributed by atoms with Crippen LogP contribution in [0.3, 0.4) is 0 Å². The number of para-hydroxylation sites is 2. The summed E-state index contributed by atoms with van der Waals surface area (Å²) in [6.45, 7) is 0. The average molecular weight is 663 g/mol. The Morgan fingerprint density at radius 1 is 0.327 bits per heavy atom. The smallest absolute Gasteiger partial charge is 0.0782 e. The van der Waals surface area contributed by atoms with Gasteiger partial charge in [0.25, 0.3) is 0 Å². The molecule has 52 heavy (non-hydrogen) atoms. The minimum atomic E-state index is 1.10. The zero-order chi connectivity index (χ0) is 34.4. The summed E-state index contributed by atoms with van der Waals surface area (Å²) >= 11 is 0. The van der Waals surface area contributed by atoms with Crippen LogP contribution in [0, 0.1) is 0 Å². The quantitative estimate of drug-likeness (QED) is 0.172. The van der Waals surface area contributed by atoms with Crippen LogP contribution in [-0.4, -0.2) is 4.57 Å². The van der Waals surface area contributed by atoms with Crippen molar-refractivity contribution in [2.75, 3.05) is 4.90 Å². The number of benzene rings is 9. The fourth-order valence-corrected chi connectivity index (χ4v) is 7.79. The van der Waals surface area contributed by atoms with E-state index in [1.165, 1.54) is 65.6 Å². The van der Waals surface area contributed by atoms with Crippen molar-refractivity contribution in [1.82, 2.24) is 4.57 Å². The van der Waals surface area contributed by atoms with E-state index in [-0.39, 0.29) is 0 Å². The molecule has 0 spiro atoms. The topological polar surface area (TPSA) is 8.17 Å². The van der Waals surface area contributed by atoms with Crippen molar-refractivity contribution in [2.24, 2.45) is 0 Å². The maximum absolute atomic E-state index is 2.45. The number of hydrogen-bond donors (Lipinski definition) is 0. The Hall–Kier alpha value is -6.90. The van der Waals surface area contributed by atoms with Crippen LogP contribution in [0.15, 0.2) is 206 Å². The van der Waals surface area contributed by atoms with Gasteiger partial charge in [0, 0.05) is 27.8 Å². The number of nitrogens with zero attached hydrogens (tertiary/aromatic N) is 2. The highest BCUT2D eigenvalue weighted by Gasteiger charge is 2.22. The lowest BCUT2D eigenvalue weighted by Crippen LogP contribution is -2.11. The number of hydrogen-bond acceptors (Lipinski definition) is 1. The van der Waals surface area contributed by atoms with Gasteiger partial charge in [-0.1, -0.05) is 146 Å². The molecule has 0 aliphatic rings. The van der Waals surface area contributed by atoms with Gasteiger partial charge in [0.2, 0.25) is 0 Å². The molecule has 0 N–H and O–H groups in total. The minimum Gasteiger partial charge on any atom is -0.308 e. The first-order chi connectivity index (χ1) is 25.8. The zero-order valence-electron chi connectivity index (χ0n) is 28.5. The lowest BCUT2D eigenvalue weighted by atomic mass is 10.0. The molecule has 1 aromatic heterocycles. The summed E-state index contributed by atoms with van der Waals surface area (Å²) in [4.78, 5) is 2.42. The summed E-state index contributed by atoms with van der Waals surface area (Å²) < 4.78 is 2.45. The lowest BCUT2D eigenvalue weighted by molar-refractivity contribution is 1.17. The van der Waals surface area contributed by atoms with Crippen molar-refractivity contribution in [1.29, 1.82) is 0 Å². The molecule has 0 aliphatic carbocycles. The van der Waals surface area contributed by atoms with Crippen molar-refractivity contribution in [3.63, 3.8) is 0 Å². The minimum absolute atomic E-state index is 1.10. The molecule has 0 fully saturated rings. The van der Waals surface area contributed by atoms with E-state index >= 15 is 0 Å². The largest absolute Gasteiger partial charge is 0.308 e. The van der Waals surface area contributed by atoms with Gasteiger partial charge in [-0.3, -0.25) is 0 Å². The molecule has 2 nitrogen and oxygen atoms in total. The van der Waals surface area contributed by atoms with Crippen LogP contribution in [0.5, 0.6) is 0 Å². The molecule has 0 saturated heterocycles. The van der Waals surface area contributed by atoms with E-state index in [9.17, 15) is 0 Å². The fourth-order valence-electron chi connectivity index (χ4n) is 7.79. The second kappa shape index (κ2) is 12.5. The molecular weight excluding hydrogens is 629 g/mol. The van der Waals surface area contributed by atoms with E-state index in [2.05, 4.69) is 216 Å². The Labute approximate surface area is 303 Å². The van der Waals surface area contributed by atoms with Crippen LogP contribution >= 0.6 is 0 Å². The molecule has 244 valence electrons. The number of anilines is 3. The lowest BCUT2D eigenvalue weighted by Gasteiger charge is -2.27. The number of aromatic nitrogens is 1. The van der Waals surface area contributed by atoms with Gasteiger partial charge in [-0.2, -0.15) is 0 Å². The number of fused-ring (bicyclic) bond motifs is 5. The summed E-state index contributed by atoms with van der Waals surface area (Å²) in [7, 11) is 0. The SMILES string of the molecule is c1ccc(-c2ccc(N(c3ccc(-c4ccc5ccccc5c4)cc3)c3cccc4c5cc6ccccc6cc5n(-c5ccccc5)c34)cc2)cc1. The van der Waals surface area contributed by atoms with Crippen LogP contribution in [-0.2, 0) is 0 Å². The van der Waals surface area contributed by atoms with Crippen molar-refractivity contribution in [2.45, 2.75) is 0 Å². The van der Waals surface area contributed by atoms with Gasteiger partial charge in [-0.25, -0.2) is 0 Å². The van der Waals surface area contributed by atoms with Gasteiger partial charge >= 0.3 is 0 Å². The van der Waals surface area contributed by atoms with Crippen molar-refractivity contribution < 1.29 is 0 Å². The Balaban J connectivity index is 1.20. The zero-order valence-corrected chi connectivity index (χ0v) is 28.5. The summed E-state index contributed by atoms with van der Waals surface area (Å²) in [5.74, 6) is 0. The van der Waals surface area contributed by atoms with Gasteiger partial charge < -0.3 is 9.47 Å². The normalized spacial score (nSPS) is 11.5. The Morgan fingerprint density at radius 3 is 1.52 bits per heavy atom. The van der Waals surface area contributed by atoms with E-state index in [1.807, 2.05) is 0 Å². The van der Waals surface area contributed by atoms with Crippen molar-refractivity contribution in [3.8, 4) is 27.9 Å². The van der Waals surface area contributed by atoms with Gasteiger partial charge in [0.05, 0.1) is 16.7 Å². The van der Waals surface area contributed by atoms with Gasteiger partial charge in [-0.15, -0.1) is 0 Å². The second-order valence-corrected chi connectivity index (χ2v) is 13.4. The van der Waals surface area contributed by atoms with Crippen molar-refractivity contribution >= 4 is 60.4 Å². The van der Waals surface area contributed by atoms with Crippen LogP contribution in [0.4, 0.5) is 17.1 Å². The maximum atomic E-state index is 2.45. The summed E-state index contributed by atoms with van der Waals surface area (Å²) in [6.07, 6.45) is 0. The van der Waals surface area contributed by atoms with E-state index in [0.717, 1.165) is 22.7 Å². The summed E-state index contributed by atoms with van der Waals surface area (Å²) in [5, 5.41) is 7.44.